The predicted octanol–water partition coefficient (Wildman–Crippen LogP) is 4.58. The van der Waals surface area contributed by atoms with E-state index in [1.807, 2.05) is 35.8 Å². The van der Waals surface area contributed by atoms with Gasteiger partial charge < -0.3 is 9.67 Å². The van der Waals surface area contributed by atoms with Crippen LogP contribution in [0.15, 0.2) is 42.6 Å². The summed E-state index contributed by atoms with van der Waals surface area (Å²) in [5.41, 5.74) is 4.97. The van der Waals surface area contributed by atoms with Crippen LogP contribution in [-0.4, -0.2) is 14.7 Å². The molecule has 0 unspecified atom stereocenters. The van der Waals surface area contributed by atoms with Crippen molar-refractivity contribution in [3.8, 4) is 17.2 Å². The maximum atomic E-state index is 9.33. The molecule has 0 saturated heterocycles. The van der Waals surface area contributed by atoms with Crippen LogP contribution in [0.3, 0.4) is 0 Å². The van der Waals surface area contributed by atoms with Crippen LogP contribution in [0.5, 0.6) is 0 Å². The molecule has 2 aromatic heterocycles. The fourth-order valence-electron chi connectivity index (χ4n) is 2.69. The number of hydrogen-bond donors (Lipinski definition) is 1. The summed E-state index contributed by atoms with van der Waals surface area (Å²) in [7, 11) is 0. The lowest BCUT2D eigenvalue weighted by Crippen LogP contribution is -2.03. The molecule has 0 radical (unpaired) electrons. The topological polar surface area (TPSA) is 61.8 Å². The second-order valence-electron chi connectivity index (χ2n) is 5.72. The Bertz CT molecular complexity index is 956. The number of pyridine rings is 1. The molecule has 0 spiro atoms. The van der Waals surface area contributed by atoms with Gasteiger partial charge >= 0.3 is 0 Å². The first kappa shape index (κ1) is 17.5. The first-order valence-corrected chi connectivity index (χ1v) is 8.39. The molecule has 0 saturated carbocycles. The number of aryl methyl sites for hydroxylation is 1. The second kappa shape index (κ2) is 7.28. The standard InChI is InChI=1S/C19H15Cl2N3O/c1-12-6-17(15-4-2-13(8-22)3-5-15)19(21)24(12)10-14-7-16(11-25)18(20)23-9-14/h2-7,9,25H,10-11H2,1H3. The van der Waals surface area contributed by atoms with Crippen LogP contribution in [0.2, 0.25) is 10.3 Å². The summed E-state index contributed by atoms with van der Waals surface area (Å²) in [6.45, 7) is 2.35. The summed E-state index contributed by atoms with van der Waals surface area (Å²) in [5.74, 6) is 0. The van der Waals surface area contributed by atoms with Crippen molar-refractivity contribution in [3.63, 3.8) is 0 Å². The Balaban J connectivity index is 1.95. The minimum absolute atomic E-state index is 0.158. The molecule has 3 rings (SSSR count). The first-order valence-electron chi connectivity index (χ1n) is 7.63. The monoisotopic (exact) mass is 371 g/mol. The molecule has 0 aliphatic carbocycles. The SMILES string of the molecule is Cc1cc(-c2ccc(C#N)cc2)c(Cl)n1Cc1cnc(Cl)c(CO)c1. The highest BCUT2D eigenvalue weighted by molar-refractivity contribution is 6.32. The molecule has 126 valence electrons. The van der Waals surface area contributed by atoms with Gasteiger partial charge in [0.1, 0.15) is 10.3 Å². The summed E-state index contributed by atoms with van der Waals surface area (Å²) in [4.78, 5) is 4.11. The van der Waals surface area contributed by atoms with Crippen LogP contribution in [0.25, 0.3) is 11.1 Å². The van der Waals surface area contributed by atoms with Gasteiger partial charge in [-0.1, -0.05) is 35.3 Å². The highest BCUT2D eigenvalue weighted by Crippen LogP contribution is 2.32. The number of benzene rings is 1. The molecular formula is C19H15Cl2N3O. The van der Waals surface area contributed by atoms with Gasteiger partial charge in [-0.3, -0.25) is 0 Å². The van der Waals surface area contributed by atoms with Gasteiger partial charge in [0.05, 0.1) is 24.8 Å². The number of aromatic nitrogens is 2. The quantitative estimate of drug-likeness (QED) is 0.682. The van der Waals surface area contributed by atoms with Gasteiger partial charge in [-0.25, -0.2) is 4.98 Å². The summed E-state index contributed by atoms with van der Waals surface area (Å²) < 4.78 is 1.97. The van der Waals surface area contributed by atoms with Crippen LogP contribution in [0.1, 0.15) is 22.4 Å². The van der Waals surface area contributed by atoms with Crippen molar-refractivity contribution in [2.45, 2.75) is 20.1 Å². The summed E-state index contributed by atoms with van der Waals surface area (Å²) in [6, 6.07) is 13.3. The summed E-state index contributed by atoms with van der Waals surface area (Å²) >= 11 is 12.5. The minimum atomic E-state index is -0.158. The number of rotatable bonds is 4. The Labute approximate surface area is 155 Å². The van der Waals surface area contributed by atoms with Crippen LogP contribution >= 0.6 is 23.2 Å². The number of aliphatic hydroxyl groups excluding tert-OH is 1. The normalized spacial score (nSPS) is 10.7. The lowest BCUT2D eigenvalue weighted by atomic mass is 10.1. The highest BCUT2D eigenvalue weighted by atomic mass is 35.5. The zero-order valence-corrected chi connectivity index (χ0v) is 15.0. The van der Waals surface area contributed by atoms with Crippen molar-refractivity contribution >= 4 is 23.2 Å². The van der Waals surface area contributed by atoms with Gasteiger partial charge in [0.25, 0.3) is 0 Å². The van der Waals surface area contributed by atoms with E-state index in [1.54, 1.807) is 18.3 Å². The number of hydrogen-bond acceptors (Lipinski definition) is 3. The number of aliphatic hydroxyl groups is 1. The van der Waals surface area contributed by atoms with Gasteiger partial charge in [0.2, 0.25) is 0 Å². The largest absolute Gasteiger partial charge is 0.392 e. The predicted molar refractivity (Wildman–Crippen MR) is 98.6 cm³/mol. The molecule has 0 fully saturated rings. The Morgan fingerprint density at radius 1 is 1.20 bits per heavy atom. The van der Waals surface area contributed by atoms with Gasteiger partial charge in [-0.2, -0.15) is 5.26 Å². The molecular weight excluding hydrogens is 357 g/mol. The van der Waals surface area contributed by atoms with Crippen molar-refractivity contribution in [2.75, 3.05) is 0 Å². The number of nitriles is 1. The van der Waals surface area contributed by atoms with E-state index < -0.39 is 0 Å². The maximum Gasteiger partial charge on any atom is 0.134 e. The third kappa shape index (κ3) is 3.54. The van der Waals surface area contributed by atoms with Crippen molar-refractivity contribution in [2.24, 2.45) is 0 Å². The molecule has 25 heavy (non-hydrogen) atoms. The Hall–Kier alpha value is -2.32. The van der Waals surface area contributed by atoms with Crippen molar-refractivity contribution < 1.29 is 5.11 Å². The average Bonchev–Trinajstić information content (AvgIpc) is 2.91. The fraction of sp³-hybridized carbons (Fsp3) is 0.158. The first-order chi connectivity index (χ1) is 12.0. The van der Waals surface area contributed by atoms with E-state index in [-0.39, 0.29) is 6.61 Å². The van der Waals surface area contributed by atoms with Crippen LogP contribution in [0.4, 0.5) is 0 Å². The van der Waals surface area contributed by atoms with E-state index in [4.69, 9.17) is 28.5 Å². The Kier molecular flexibility index (Phi) is 5.10. The van der Waals surface area contributed by atoms with E-state index in [1.165, 1.54) is 0 Å². The van der Waals surface area contributed by atoms with Crippen LogP contribution in [0, 0.1) is 18.3 Å². The molecule has 0 aliphatic rings. The zero-order chi connectivity index (χ0) is 18.0. The van der Waals surface area contributed by atoms with E-state index in [9.17, 15) is 5.11 Å². The van der Waals surface area contributed by atoms with Gasteiger partial charge in [0, 0.05) is 23.0 Å². The molecule has 1 N–H and O–H groups in total. The average molecular weight is 372 g/mol. The van der Waals surface area contributed by atoms with E-state index in [2.05, 4.69) is 11.1 Å². The Morgan fingerprint density at radius 3 is 2.56 bits per heavy atom. The summed E-state index contributed by atoms with van der Waals surface area (Å²) in [5, 5.41) is 19.2. The van der Waals surface area contributed by atoms with Gasteiger partial charge in [-0.15, -0.1) is 0 Å². The van der Waals surface area contributed by atoms with Gasteiger partial charge in [0.15, 0.2) is 0 Å². The maximum absolute atomic E-state index is 9.33. The summed E-state index contributed by atoms with van der Waals surface area (Å²) in [6.07, 6.45) is 1.68. The van der Waals surface area contributed by atoms with Crippen molar-refractivity contribution in [1.29, 1.82) is 5.26 Å². The number of halogens is 2. The third-order valence-electron chi connectivity index (χ3n) is 4.04. The fourth-order valence-corrected chi connectivity index (χ4v) is 3.21. The van der Waals surface area contributed by atoms with Crippen molar-refractivity contribution in [1.82, 2.24) is 9.55 Å². The lowest BCUT2D eigenvalue weighted by Gasteiger charge is -2.10. The van der Waals surface area contributed by atoms with Gasteiger partial charge in [-0.05, 0) is 42.3 Å². The molecule has 3 aromatic rings. The molecule has 0 amide bonds. The Morgan fingerprint density at radius 2 is 1.92 bits per heavy atom. The second-order valence-corrected chi connectivity index (χ2v) is 6.43. The molecule has 4 nitrogen and oxygen atoms in total. The van der Waals surface area contributed by atoms with Crippen molar-refractivity contribution in [3.05, 3.63) is 75.3 Å². The highest BCUT2D eigenvalue weighted by Gasteiger charge is 2.14. The zero-order valence-electron chi connectivity index (χ0n) is 13.5. The molecule has 0 bridgehead atoms. The molecule has 0 aliphatic heterocycles. The van der Waals surface area contributed by atoms with E-state index in [0.717, 1.165) is 22.4 Å². The van der Waals surface area contributed by atoms with E-state index >= 15 is 0 Å². The number of nitrogens with zero attached hydrogens (tertiary/aromatic N) is 3. The lowest BCUT2D eigenvalue weighted by molar-refractivity contribution is 0.281. The smallest absolute Gasteiger partial charge is 0.134 e. The molecule has 2 heterocycles. The van der Waals surface area contributed by atoms with E-state index in [0.29, 0.717) is 28.0 Å². The molecule has 0 atom stereocenters. The molecule has 1 aromatic carbocycles. The molecule has 6 heteroatoms. The minimum Gasteiger partial charge on any atom is -0.392 e. The van der Waals surface area contributed by atoms with Crippen LogP contribution in [-0.2, 0) is 13.2 Å². The van der Waals surface area contributed by atoms with Crippen LogP contribution < -0.4 is 0 Å². The third-order valence-corrected chi connectivity index (χ3v) is 4.79.